The lowest BCUT2D eigenvalue weighted by Gasteiger charge is -2.05. The van der Waals surface area contributed by atoms with Gasteiger partial charge >= 0.3 is 0 Å². The third-order valence-electron chi connectivity index (χ3n) is 4.29. The molecule has 0 fully saturated rings. The number of ketones is 1. The molecule has 0 aliphatic heterocycles. The topological polar surface area (TPSA) is 69.5 Å². The van der Waals surface area contributed by atoms with Crippen LogP contribution in [0.2, 0.25) is 0 Å². The van der Waals surface area contributed by atoms with Crippen LogP contribution in [0.4, 0.5) is 8.78 Å². The molecular formula is C21H11F2N3O. The summed E-state index contributed by atoms with van der Waals surface area (Å²) in [5.41, 5.74) is 1.87. The summed E-state index contributed by atoms with van der Waals surface area (Å²) in [4.78, 5) is 19.9. The minimum atomic E-state index is -0.916. The molecule has 2 aromatic carbocycles. The number of H-pyrrole nitrogens is 1. The second kappa shape index (κ2) is 6.46. The van der Waals surface area contributed by atoms with Crippen molar-refractivity contribution >= 4 is 16.8 Å². The van der Waals surface area contributed by atoms with Gasteiger partial charge in [-0.2, -0.15) is 5.26 Å². The Labute approximate surface area is 152 Å². The molecule has 2 aromatic heterocycles. The number of hydrogen-bond acceptors (Lipinski definition) is 3. The Morgan fingerprint density at radius 1 is 1.04 bits per heavy atom. The average molecular weight is 359 g/mol. The van der Waals surface area contributed by atoms with Crippen LogP contribution >= 0.6 is 0 Å². The standard InChI is InChI=1S/C21H11F2N3O/c22-17-5-2-6-18(23)19(17)20(27)16-11-26-21-15(16)8-14(10-25-21)13-4-1-3-12(7-13)9-24/h1-8,10-11H,(H,25,26). The molecule has 0 amide bonds. The largest absolute Gasteiger partial charge is 0.345 e. The highest BCUT2D eigenvalue weighted by molar-refractivity contribution is 6.16. The monoisotopic (exact) mass is 359 g/mol. The van der Waals surface area contributed by atoms with Gasteiger partial charge in [-0.1, -0.05) is 18.2 Å². The smallest absolute Gasteiger partial charge is 0.201 e. The van der Waals surface area contributed by atoms with Crippen molar-refractivity contribution in [2.75, 3.05) is 0 Å². The first-order chi connectivity index (χ1) is 13.1. The molecule has 0 saturated heterocycles. The van der Waals surface area contributed by atoms with E-state index in [9.17, 15) is 13.6 Å². The summed E-state index contributed by atoms with van der Waals surface area (Å²) in [5.74, 6) is -2.60. The maximum absolute atomic E-state index is 14.0. The van der Waals surface area contributed by atoms with Crippen LogP contribution in [0.25, 0.3) is 22.2 Å². The fourth-order valence-electron chi connectivity index (χ4n) is 2.97. The molecule has 4 nitrogen and oxygen atoms in total. The fraction of sp³-hybridized carbons (Fsp3) is 0. The maximum Gasteiger partial charge on any atom is 0.201 e. The number of nitrogens with zero attached hydrogens (tertiary/aromatic N) is 2. The lowest BCUT2D eigenvalue weighted by atomic mass is 10.00. The van der Waals surface area contributed by atoms with E-state index in [0.29, 0.717) is 22.2 Å². The third-order valence-corrected chi connectivity index (χ3v) is 4.29. The summed E-state index contributed by atoms with van der Waals surface area (Å²) in [7, 11) is 0. The van der Waals surface area contributed by atoms with E-state index in [2.05, 4.69) is 16.0 Å². The van der Waals surface area contributed by atoms with Crippen molar-refractivity contribution in [3.8, 4) is 17.2 Å². The molecule has 0 radical (unpaired) electrons. The van der Waals surface area contributed by atoms with Gasteiger partial charge in [0.1, 0.15) is 17.3 Å². The first kappa shape index (κ1) is 16.6. The van der Waals surface area contributed by atoms with Gasteiger partial charge in [0.2, 0.25) is 5.78 Å². The predicted octanol–water partition coefficient (Wildman–Crippen LogP) is 4.61. The second-order valence-corrected chi connectivity index (χ2v) is 5.94. The molecule has 6 heteroatoms. The molecule has 1 N–H and O–H groups in total. The van der Waals surface area contributed by atoms with Crippen molar-refractivity contribution in [3.05, 3.63) is 89.2 Å². The van der Waals surface area contributed by atoms with Crippen molar-refractivity contribution in [2.24, 2.45) is 0 Å². The highest BCUT2D eigenvalue weighted by Crippen LogP contribution is 2.27. The first-order valence-corrected chi connectivity index (χ1v) is 8.05. The number of pyridine rings is 1. The number of halogens is 2. The minimum Gasteiger partial charge on any atom is -0.345 e. The van der Waals surface area contributed by atoms with Gasteiger partial charge in [0.05, 0.1) is 17.2 Å². The molecule has 0 spiro atoms. The molecule has 130 valence electrons. The zero-order valence-corrected chi connectivity index (χ0v) is 13.8. The Morgan fingerprint density at radius 2 is 1.78 bits per heavy atom. The Morgan fingerprint density at radius 3 is 2.52 bits per heavy atom. The van der Waals surface area contributed by atoms with Gasteiger partial charge in [-0.05, 0) is 35.9 Å². The van der Waals surface area contributed by atoms with Gasteiger partial charge in [-0.25, -0.2) is 13.8 Å². The van der Waals surface area contributed by atoms with E-state index in [-0.39, 0.29) is 5.56 Å². The molecule has 2 heterocycles. The summed E-state index contributed by atoms with van der Waals surface area (Å²) >= 11 is 0. The van der Waals surface area contributed by atoms with Gasteiger partial charge in [0.25, 0.3) is 0 Å². The van der Waals surface area contributed by atoms with Crippen LogP contribution in [-0.2, 0) is 0 Å². The molecule has 27 heavy (non-hydrogen) atoms. The Kier molecular flexibility index (Phi) is 3.98. The van der Waals surface area contributed by atoms with E-state index < -0.39 is 23.0 Å². The quantitative estimate of drug-likeness (QED) is 0.543. The normalized spacial score (nSPS) is 10.7. The number of nitriles is 1. The summed E-state index contributed by atoms with van der Waals surface area (Å²) in [5, 5.41) is 9.50. The van der Waals surface area contributed by atoms with Crippen molar-refractivity contribution in [1.82, 2.24) is 9.97 Å². The average Bonchev–Trinajstić information content (AvgIpc) is 3.11. The number of fused-ring (bicyclic) bond motifs is 1. The Hall–Kier alpha value is -3.85. The first-order valence-electron chi connectivity index (χ1n) is 8.05. The third kappa shape index (κ3) is 2.85. The molecule has 0 saturated carbocycles. The Bertz CT molecular complexity index is 1220. The van der Waals surface area contributed by atoms with Crippen LogP contribution in [0.3, 0.4) is 0 Å². The van der Waals surface area contributed by atoms with Crippen LogP contribution < -0.4 is 0 Å². The fourth-order valence-corrected chi connectivity index (χ4v) is 2.97. The molecular weight excluding hydrogens is 348 g/mol. The van der Waals surface area contributed by atoms with Crippen LogP contribution in [0, 0.1) is 23.0 Å². The summed E-state index contributed by atoms with van der Waals surface area (Å²) in [6.45, 7) is 0. The lowest BCUT2D eigenvalue weighted by molar-refractivity contribution is 0.103. The molecule has 0 aliphatic rings. The van der Waals surface area contributed by atoms with Crippen molar-refractivity contribution in [2.45, 2.75) is 0 Å². The van der Waals surface area contributed by atoms with E-state index in [0.717, 1.165) is 17.7 Å². The lowest BCUT2D eigenvalue weighted by Crippen LogP contribution is -2.07. The molecule has 4 aromatic rings. The number of aromatic amines is 1. The SMILES string of the molecule is N#Cc1cccc(-c2cnc3[nH]cc(C(=O)c4c(F)cccc4F)c3c2)c1. The van der Waals surface area contributed by atoms with Gasteiger partial charge in [-0.15, -0.1) is 0 Å². The minimum absolute atomic E-state index is 0.125. The maximum atomic E-state index is 14.0. The summed E-state index contributed by atoms with van der Waals surface area (Å²) in [6.07, 6.45) is 2.99. The van der Waals surface area contributed by atoms with Gasteiger partial charge in [-0.3, -0.25) is 4.79 Å². The van der Waals surface area contributed by atoms with Crippen LogP contribution in [0.5, 0.6) is 0 Å². The van der Waals surface area contributed by atoms with Gasteiger partial charge in [0, 0.05) is 28.9 Å². The number of rotatable bonds is 3. The molecule has 0 unspecified atom stereocenters. The summed E-state index contributed by atoms with van der Waals surface area (Å²) < 4.78 is 28.0. The molecule has 4 rings (SSSR count). The highest BCUT2D eigenvalue weighted by Gasteiger charge is 2.22. The van der Waals surface area contributed by atoms with Gasteiger partial charge < -0.3 is 4.98 Å². The molecule has 0 atom stereocenters. The van der Waals surface area contributed by atoms with Crippen molar-refractivity contribution in [3.63, 3.8) is 0 Å². The van der Waals surface area contributed by atoms with Crippen molar-refractivity contribution in [1.29, 1.82) is 5.26 Å². The Balaban J connectivity index is 1.86. The van der Waals surface area contributed by atoms with Crippen LogP contribution in [0.15, 0.2) is 60.9 Å². The molecule has 0 aliphatic carbocycles. The number of carbonyl (C=O) groups is 1. The summed E-state index contributed by atoms with van der Waals surface area (Å²) in [6, 6.07) is 14.0. The van der Waals surface area contributed by atoms with Crippen LogP contribution in [0.1, 0.15) is 21.5 Å². The van der Waals surface area contributed by atoms with E-state index in [4.69, 9.17) is 5.26 Å². The number of benzene rings is 2. The second-order valence-electron chi connectivity index (χ2n) is 5.94. The van der Waals surface area contributed by atoms with E-state index in [1.807, 2.05) is 6.07 Å². The van der Waals surface area contributed by atoms with E-state index in [1.54, 1.807) is 30.5 Å². The van der Waals surface area contributed by atoms with Crippen LogP contribution in [-0.4, -0.2) is 15.8 Å². The number of hydrogen-bond donors (Lipinski definition) is 1. The highest BCUT2D eigenvalue weighted by atomic mass is 19.1. The molecule has 0 bridgehead atoms. The zero-order chi connectivity index (χ0) is 19.0. The van der Waals surface area contributed by atoms with Crippen molar-refractivity contribution < 1.29 is 13.6 Å². The van der Waals surface area contributed by atoms with E-state index in [1.165, 1.54) is 12.3 Å². The van der Waals surface area contributed by atoms with E-state index >= 15 is 0 Å². The number of nitrogens with one attached hydrogen (secondary N) is 1. The van der Waals surface area contributed by atoms with Gasteiger partial charge in [0.15, 0.2) is 0 Å². The zero-order valence-electron chi connectivity index (χ0n) is 13.8. The number of carbonyl (C=O) groups excluding carboxylic acids is 1. The predicted molar refractivity (Wildman–Crippen MR) is 96.0 cm³/mol. The number of aromatic nitrogens is 2.